The van der Waals surface area contributed by atoms with Crippen molar-refractivity contribution < 1.29 is 5.11 Å². The smallest absolute Gasteiger partial charge is 0.119 e. The molecular weight excluding hydrogens is 232 g/mol. The zero-order chi connectivity index (χ0) is 13.8. The average molecular weight is 252 g/mol. The van der Waals surface area contributed by atoms with E-state index in [9.17, 15) is 5.11 Å². The van der Waals surface area contributed by atoms with Gasteiger partial charge in [-0.3, -0.25) is 0 Å². The number of phenolic OH excluding ortho intramolecular Hbond substituents is 1. The molecule has 2 aromatic rings. The highest BCUT2D eigenvalue weighted by atomic mass is 16.3. The summed E-state index contributed by atoms with van der Waals surface area (Å²) in [6.07, 6.45) is 0.800. The SMILES string of the molecule is CC(C)=C(C)Cc1cc(-c2ccccc2)ccc1O. The highest BCUT2D eigenvalue weighted by Gasteiger charge is 2.06. The number of aromatic hydroxyl groups is 1. The molecule has 0 fully saturated rings. The topological polar surface area (TPSA) is 20.2 Å². The maximum absolute atomic E-state index is 9.99. The highest BCUT2D eigenvalue weighted by Crippen LogP contribution is 2.28. The van der Waals surface area contributed by atoms with E-state index in [-0.39, 0.29) is 0 Å². The van der Waals surface area contributed by atoms with Gasteiger partial charge in [-0.1, -0.05) is 47.5 Å². The molecular formula is C18H20O. The summed E-state index contributed by atoms with van der Waals surface area (Å²) in [6, 6.07) is 16.1. The second-order valence-electron chi connectivity index (χ2n) is 5.17. The van der Waals surface area contributed by atoms with E-state index >= 15 is 0 Å². The van der Waals surface area contributed by atoms with Crippen molar-refractivity contribution in [3.8, 4) is 16.9 Å². The van der Waals surface area contributed by atoms with Crippen LogP contribution in [0.25, 0.3) is 11.1 Å². The number of benzene rings is 2. The molecule has 19 heavy (non-hydrogen) atoms. The first kappa shape index (κ1) is 13.4. The number of rotatable bonds is 3. The van der Waals surface area contributed by atoms with Crippen LogP contribution in [0.15, 0.2) is 59.7 Å². The first-order chi connectivity index (χ1) is 9.08. The Kier molecular flexibility index (Phi) is 4.06. The molecule has 0 aliphatic heterocycles. The quantitative estimate of drug-likeness (QED) is 0.766. The predicted molar refractivity (Wildman–Crippen MR) is 81.3 cm³/mol. The van der Waals surface area contributed by atoms with Gasteiger partial charge in [0.15, 0.2) is 0 Å². The monoisotopic (exact) mass is 252 g/mol. The van der Waals surface area contributed by atoms with E-state index in [1.165, 1.54) is 16.7 Å². The summed E-state index contributed by atoms with van der Waals surface area (Å²) in [5, 5.41) is 9.99. The van der Waals surface area contributed by atoms with Crippen LogP contribution in [0.4, 0.5) is 0 Å². The molecule has 0 aromatic heterocycles. The van der Waals surface area contributed by atoms with Gasteiger partial charge in [0.05, 0.1) is 0 Å². The van der Waals surface area contributed by atoms with Crippen molar-refractivity contribution in [2.24, 2.45) is 0 Å². The predicted octanol–water partition coefficient (Wildman–Crippen LogP) is 4.96. The van der Waals surface area contributed by atoms with Crippen molar-refractivity contribution in [1.82, 2.24) is 0 Å². The molecule has 1 N–H and O–H groups in total. The van der Waals surface area contributed by atoms with Crippen LogP contribution >= 0.6 is 0 Å². The van der Waals surface area contributed by atoms with E-state index in [4.69, 9.17) is 0 Å². The molecule has 2 aromatic carbocycles. The molecule has 0 radical (unpaired) electrons. The second-order valence-corrected chi connectivity index (χ2v) is 5.17. The Hall–Kier alpha value is -2.02. The van der Waals surface area contributed by atoms with E-state index in [1.807, 2.05) is 24.3 Å². The molecule has 0 aliphatic rings. The largest absolute Gasteiger partial charge is 0.508 e. The van der Waals surface area contributed by atoms with E-state index in [2.05, 4.69) is 39.0 Å². The fraction of sp³-hybridized carbons (Fsp3) is 0.222. The van der Waals surface area contributed by atoms with Gasteiger partial charge in [0.2, 0.25) is 0 Å². The number of allylic oxidation sites excluding steroid dienone is 2. The molecule has 0 aliphatic carbocycles. The number of hydrogen-bond acceptors (Lipinski definition) is 1. The molecule has 98 valence electrons. The Bertz CT molecular complexity index is 590. The van der Waals surface area contributed by atoms with Gasteiger partial charge in [-0.2, -0.15) is 0 Å². The summed E-state index contributed by atoms with van der Waals surface area (Å²) in [6.45, 7) is 6.32. The molecule has 0 saturated heterocycles. The first-order valence-electron chi connectivity index (χ1n) is 6.58. The first-order valence-corrected chi connectivity index (χ1v) is 6.58. The van der Waals surface area contributed by atoms with E-state index < -0.39 is 0 Å². The highest BCUT2D eigenvalue weighted by molar-refractivity contribution is 5.65. The summed E-state index contributed by atoms with van der Waals surface area (Å²) >= 11 is 0. The van der Waals surface area contributed by atoms with Crippen molar-refractivity contribution in [3.05, 3.63) is 65.2 Å². The normalized spacial score (nSPS) is 10.3. The van der Waals surface area contributed by atoms with Crippen LogP contribution < -0.4 is 0 Å². The summed E-state index contributed by atoms with van der Waals surface area (Å²) in [5.74, 6) is 0.375. The van der Waals surface area contributed by atoms with E-state index in [0.29, 0.717) is 5.75 Å². The van der Waals surface area contributed by atoms with Crippen LogP contribution in [-0.2, 0) is 6.42 Å². The second kappa shape index (κ2) is 5.75. The third kappa shape index (κ3) is 3.25. The van der Waals surface area contributed by atoms with E-state index in [1.54, 1.807) is 6.07 Å². The van der Waals surface area contributed by atoms with Gasteiger partial charge in [0.1, 0.15) is 5.75 Å². The lowest BCUT2D eigenvalue weighted by Crippen LogP contribution is -1.91. The average Bonchev–Trinajstić information content (AvgIpc) is 2.42. The summed E-state index contributed by atoms with van der Waals surface area (Å²) < 4.78 is 0. The number of hydrogen-bond donors (Lipinski definition) is 1. The van der Waals surface area contributed by atoms with Crippen LogP contribution in [0.3, 0.4) is 0 Å². The van der Waals surface area contributed by atoms with Crippen LogP contribution in [0.1, 0.15) is 26.3 Å². The Morgan fingerprint density at radius 3 is 2.21 bits per heavy atom. The Balaban J connectivity index is 2.38. The Morgan fingerprint density at radius 1 is 0.895 bits per heavy atom. The van der Waals surface area contributed by atoms with Crippen molar-refractivity contribution in [3.63, 3.8) is 0 Å². The van der Waals surface area contributed by atoms with Crippen LogP contribution in [0.5, 0.6) is 5.75 Å². The molecule has 0 unspecified atom stereocenters. The van der Waals surface area contributed by atoms with Gasteiger partial charge < -0.3 is 5.11 Å². The molecule has 2 rings (SSSR count). The molecule has 0 atom stereocenters. The van der Waals surface area contributed by atoms with Crippen LogP contribution in [-0.4, -0.2) is 5.11 Å². The van der Waals surface area contributed by atoms with E-state index in [0.717, 1.165) is 17.5 Å². The minimum Gasteiger partial charge on any atom is -0.508 e. The van der Waals surface area contributed by atoms with Gasteiger partial charge in [0, 0.05) is 0 Å². The fourth-order valence-electron chi connectivity index (χ4n) is 2.00. The van der Waals surface area contributed by atoms with Gasteiger partial charge >= 0.3 is 0 Å². The molecule has 1 nitrogen and oxygen atoms in total. The minimum atomic E-state index is 0.375. The summed E-state index contributed by atoms with van der Waals surface area (Å²) in [4.78, 5) is 0. The lowest BCUT2D eigenvalue weighted by Gasteiger charge is -2.09. The summed E-state index contributed by atoms with van der Waals surface area (Å²) in [7, 11) is 0. The zero-order valence-corrected chi connectivity index (χ0v) is 11.8. The maximum Gasteiger partial charge on any atom is 0.119 e. The third-order valence-corrected chi connectivity index (χ3v) is 3.50. The molecule has 0 spiro atoms. The van der Waals surface area contributed by atoms with Gasteiger partial charge in [-0.05, 0) is 56.0 Å². The Morgan fingerprint density at radius 2 is 1.58 bits per heavy atom. The van der Waals surface area contributed by atoms with Gasteiger partial charge in [-0.15, -0.1) is 0 Å². The molecule has 1 heteroatoms. The van der Waals surface area contributed by atoms with Crippen molar-refractivity contribution >= 4 is 0 Å². The Labute approximate surface area is 115 Å². The minimum absolute atomic E-state index is 0.375. The van der Waals surface area contributed by atoms with Crippen molar-refractivity contribution in [2.45, 2.75) is 27.2 Å². The third-order valence-electron chi connectivity index (χ3n) is 3.50. The number of phenols is 1. The van der Waals surface area contributed by atoms with Crippen LogP contribution in [0, 0.1) is 0 Å². The summed E-state index contributed by atoms with van der Waals surface area (Å²) in [5.41, 5.74) is 5.93. The van der Waals surface area contributed by atoms with Crippen molar-refractivity contribution in [1.29, 1.82) is 0 Å². The lowest BCUT2D eigenvalue weighted by molar-refractivity contribution is 0.469. The van der Waals surface area contributed by atoms with Crippen LogP contribution in [0.2, 0.25) is 0 Å². The standard InChI is InChI=1S/C18H20O/c1-13(2)14(3)11-17-12-16(9-10-18(17)19)15-7-5-4-6-8-15/h4-10,12,19H,11H2,1-3H3. The molecule has 0 saturated carbocycles. The van der Waals surface area contributed by atoms with Gasteiger partial charge in [-0.25, -0.2) is 0 Å². The lowest BCUT2D eigenvalue weighted by atomic mass is 9.97. The fourth-order valence-corrected chi connectivity index (χ4v) is 2.00. The molecule has 0 amide bonds. The van der Waals surface area contributed by atoms with Gasteiger partial charge in [0.25, 0.3) is 0 Å². The zero-order valence-electron chi connectivity index (χ0n) is 11.8. The maximum atomic E-state index is 9.99. The van der Waals surface area contributed by atoms with Crippen molar-refractivity contribution in [2.75, 3.05) is 0 Å². The molecule has 0 heterocycles. The molecule has 0 bridgehead atoms.